The minimum absolute atomic E-state index is 0.0263. The predicted molar refractivity (Wildman–Crippen MR) is 81.8 cm³/mol. The van der Waals surface area contributed by atoms with Crippen molar-refractivity contribution in [3.8, 4) is 5.75 Å². The molecule has 1 unspecified atom stereocenters. The average molecular weight is 305 g/mol. The highest BCUT2D eigenvalue weighted by molar-refractivity contribution is 5.79. The van der Waals surface area contributed by atoms with Gasteiger partial charge in [-0.1, -0.05) is 18.2 Å². The summed E-state index contributed by atoms with van der Waals surface area (Å²) in [7, 11) is 1.72. The first kappa shape index (κ1) is 15.3. The number of amides is 1. The fourth-order valence-electron chi connectivity index (χ4n) is 3.21. The minimum atomic E-state index is -0.110. The number of rotatable bonds is 6. The highest BCUT2D eigenvalue weighted by Crippen LogP contribution is 2.39. The van der Waals surface area contributed by atoms with E-state index in [1.54, 1.807) is 7.11 Å². The van der Waals surface area contributed by atoms with Crippen LogP contribution in [0.5, 0.6) is 5.75 Å². The number of hydrogen-bond donors (Lipinski definition) is 0. The number of hydrogen-bond acceptors (Lipinski definition) is 4. The highest BCUT2D eigenvalue weighted by atomic mass is 16.5. The van der Waals surface area contributed by atoms with Crippen LogP contribution in [0.2, 0.25) is 0 Å². The fourth-order valence-corrected chi connectivity index (χ4v) is 3.21. The SMILES string of the molecule is COCCC1COC2(C1)CN(C(=O)COc1ccccc1)C2. The van der Waals surface area contributed by atoms with Crippen LogP contribution in [0, 0.1) is 5.92 Å². The molecule has 1 atom stereocenters. The molecule has 0 bridgehead atoms. The Kier molecular flexibility index (Phi) is 4.64. The Morgan fingerprint density at radius 1 is 1.36 bits per heavy atom. The minimum Gasteiger partial charge on any atom is -0.484 e. The molecule has 22 heavy (non-hydrogen) atoms. The number of nitrogens with zero attached hydrogens (tertiary/aromatic N) is 1. The number of benzene rings is 1. The normalized spacial score (nSPS) is 22.6. The van der Waals surface area contributed by atoms with Crippen LogP contribution in [0.15, 0.2) is 30.3 Å². The van der Waals surface area contributed by atoms with Gasteiger partial charge in [0, 0.05) is 13.7 Å². The van der Waals surface area contributed by atoms with Gasteiger partial charge in [-0.15, -0.1) is 0 Å². The molecule has 1 aromatic carbocycles. The molecule has 2 aliphatic heterocycles. The zero-order chi connectivity index (χ0) is 15.4. The van der Waals surface area contributed by atoms with Crippen LogP contribution < -0.4 is 4.74 Å². The molecule has 0 saturated carbocycles. The summed E-state index contributed by atoms with van der Waals surface area (Å²) in [5, 5.41) is 0. The van der Waals surface area contributed by atoms with E-state index in [1.165, 1.54) is 0 Å². The van der Waals surface area contributed by atoms with Crippen molar-refractivity contribution >= 4 is 5.91 Å². The van der Waals surface area contributed by atoms with Gasteiger partial charge in [0.05, 0.1) is 19.7 Å². The van der Waals surface area contributed by atoms with E-state index in [0.29, 0.717) is 19.0 Å². The van der Waals surface area contributed by atoms with Crippen molar-refractivity contribution in [1.82, 2.24) is 4.90 Å². The summed E-state index contributed by atoms with van der Waals surface area (Å²) >= 11 is 0. The van der Waals surface area contributed by atoms with E-state index in [2.05, 4.69) is 0 Å². The van der Waals surface area contributed by atoms with E-state index in [-0.39, 0.29) is 18.1 Å². The van der Waals surface area contributed by atoms with Crippen LogP contribution in [0.4, 0.5) is 0 Å². The first-order chi connectivity index (χ1) is 10.7. The molecule has 2 saturated heterocycles. The van der Waals surface area contributed by atoms with Gasteiger partial charge in [0.15, 0.2) is 6.61 Å². The summed E-state index contributed by atoms with van der Waals surface area (Å²) in [5.74, 6) is 1.30. The fraction of sp³-hybridized carbons (Fsp3) is 0.588. The van der Waals surface area contributed by atoms with Crippen LogP contribution in [-0.4, -0.2) is 56.4 Å². The third-order valence-corrected chi connectivity index (χ3v) is 4.43. The molecule has 0 radical (unpaired) electrons. The number of likely N-dealkylation sites (tertiary alicyclic amines) is 1. The second kappa shape index (κ2) is 6.67. The number of methoxy groups -OCH3 is 1. The molecule has 0 aromatic heterocycles. The summed E-state index contributed by atoms with van der Waals surface area (Å²) in [6, 6.07) is 9.41. The molecule has 1 aromatic rings. The molecule has 120 valence electrons. The first-order valence-corrected chi connectivity index (χ1v) is 7.79. The van der Waals surface area contributed by atoms with E-state index >= 15 is 0 Å². The van der Waals surface area contributed by atoms with Crippen LogP contribution in [-0.2, 0) is 14.3 Å². The van der Waals surface area contributed by atoms with Crippen molar-refractivity contribution in [2.75, 3.05) is 40.0 Å². The first-order valence-electron chi connectivity index (χ1n) is 7.79. The molecular formula is C17H23NO4. The smallest absolute Gasteiger partial charge is 0.260 e. The highest BCUT2D eigenvalue weighted by Gasteiger charge is 2.50. The Balaban J connectivity index is 1.40. The summed E-state index contributed by atoms with van der Waals surface area (Å²) < 4.78 is 16.6. The van der Waals surface area contributed by atoms with E-state index in [9.17, 15) is 4.79 Å². The second-order valence-electron chi connectivity index (χ2n) is 6.20. The predicted octanol–water partition coefficient (Wildman–Crippen LogP) is 1.72. The quantitative estimate of drug-likeness (QED) is 0.803. The molecule has 0 aliphatic carbocycles. The Hall–Kier alpha value is -1.59. The maximum Gasteiger partial charge on any atom is 0.260 e. The number of carbonyl (C=O) groups is 1. The number of carbonyl (C=O) groups excluding carboxylic acids is 1. The molecule has 5 nitrogen and oxygen atoms in total. The van der Waals surface area contributed by atoms with E-state index in [4.69, 9.17) is 14.2 Å². The standard InChI is InChI=1S/C17H23NO4/c1-20-8-7-14-9-17(22-10-14)12-18(13-17)16(19)11-21-15-5-3-2-4-6-15/h2-6,14H,7-13H2,1H3. The van der Waals surface area contributed by atoms with Gasteiger partial charge < -0.3 is 19.1 Å². The van der Waals surface area contributed by atoms with Gasteiger partial charge in [0.1, 0.15) is 11.4 Å². The van der Waals surface area contributed by atoms with Crippen LogP contribution in [0.25, 0.3) is 0 Å². The average Bonchev–Trinajstić information content (AvgIpc) is 2.95. The summed E-state index contributed by atoms with van der Waals surface area (Å²) in [4.78, 5) is 13.9. The van der Waals surface area contributed by atoms with Gasteiger partial charge in [-0.05, 0) is 30.9 Å². The summed E-state index contributed by atoms with van der Waals surface area (Å²) in [6.45, 7) is 3.03. The van der Waals surface area contributed by atoms with Gasteiger partial charge >= 0.3 is 0 Å². The van der Waals surface area contributed by atoms with Crippen molar-refractivity contribution in [3.63, 3.8) is 0 Å². The maximum absolute atomic E-state index is 12.1. The van der Waals surface area contributed by atoms with Crippen molar-refractivity contribution in [2.45, 2.75) is 18.4 Å². The van der Waals surface area contributed by atoms with Crippen molar-refractivity contribution in [3.05, 3.63) is 30.3 Å². The van der Waals surface area contributed by atoms with E-state index < -0.39 is 0 Å². The Morgan fingerprint density at radius 3 is 2.86 bits per heavy atom. The molecule has 0 N–H and O–H groups in total. The largest absolute Gasteiger partial charge is 0.484 e. The van der Waals surface area contributed by atoms with Crippen LogP contribution in [0.3, 0.4) is 0 Å². The Morgan fingerprint density at radius 2 is 2.14 bits per heavy atom. The lowest BCUT2D eigenvalue weighted by molar-refractivity contribution is -0.159. The summed E-state index contributed by atoms with van der Waals surface area (Å²) in [5.41, 5.74) is -0.110. The van der Waals surface area contributed by atoms with Gasteiger partial charge in [0.25, 0.3) is 5.91 Å². The lowest BCUT2D eigenvalue weighted by Gasteiger charge is -2.47. The molecule has 5 heteroatoms. The lowest BCUT2D eigenvalue weighted by Crippen LogP contribution is -2.64. The van der Waals surface area contributed by atoms with Crippen molar-refractivity contribution in [2.24, 2.45) is 5.92 Å². The zero-order valence-corrected chi connectivity index (χ0v) is 13.0. The van der Waals surface area contributed by atoms with Gasteiger partial charge in [0.2, 0.25) is 0 Å². The van der Waals surface area contributed by atoms with Crippen molar-refractivity contribution in [1.29, 1.82) is 0 Å². The third-order valence-electron chi connectivity index (χ3n) is 4.43. The monoisotopic (exact) mass is 305 g/mol. The molecule has 1 amide bonds. The number of ether oxygens (including phenoxy) is 3. The number of para-hydroxylation sites is 1. The third kappa shape index (κ3) is 3.42. The Labute approximate surface area is 131 Å². The van der Waals surface area contributed by atoms with Gasteiger partial charge in [-0.3, -0.25) is 4.79 Å². The van der Waals surface area contributed by atoms with Crippen LogP contribution in [0.1, 0.15) is 12.8 Å². The molecule has 3 rings (SSSR count). The summed E-state index contributed by atoms with van der Waals surface area (Å²) in [6.07, 6.45) is 2.06. The van der Waals surface area contributed by atoms with Gasteiger partial charge in [-0.2, -0.15) is 0 Å². The van der Waals surface area contributed by atoms with E-state index in [0.717, 1.165) is 31.8 Å². The maximum atomic E-state index is 12.1. The molecule has 1 spiro atoms. The molecule has 2 heterocycles. The molecule has 2 aliphatic rings. The van der Waals surface area contributed by atoms with Crippen molar-refractivity contribution < 1.29 is 19.0 Å². The molecule has 2 fully saturated rings. The molecular weight excluding hydrogens is 282 g/mol. The van der Waals surface area contributed by atoms with Crippen LogP contribution >= 0.6 is 0 Å². The zero-order valence-electron chi connectivity index (χ0n) is 13.0. The van der Waals surface area contributed by atoms with E-state index in [1.807, 2.05) is 35.2 Å². The second-order valence-corrected chi connectivity index (χ2v) is 6.20. The Bertz CT molecular complexity index is 499. The van der Waals surface area contributed by atoms with Gasteiger partial charge in [-0.25, -0.2) is 0 Å². The lowest BCUT2D eigenvalue weighted by atomic mass is 9.86. The topological polar surface area (TPSA) is 48.0 Å².